The summed E-state index contributed by atoms with van der Waals surface area (Å²) >= 11 is 0. The van der Waals surface area contributed by atoms with Crippen molar-refractivity contribution in [3.8, 4) is 0 Å². The standard InChI is InChI=1S/C34H47N5O/c1-10-11-18-35-29(40)20-21-19-28-33(6,7)26-15-14-24(37-26)31(2,3)22-12-13-23(36-22)32(4,5)25-16-17-27(38-25)34(8,9)30(21)39-28/h12-17,19,36-39H,10-11,18,20H2,1-9H3,(H,35,40). The highest BCUT2D eigenvalue weighted by atomic mass is 16.1. The van der Waals surface area contributed by atoms with Crippen LogP contribution in [-0.2, 0) is 32.9 Å². The first-order chi connectivity index (χ1) is 18.7. The van der Waals surface area contributed by atoms with Crippen molar-refractivity contribution in [1.82, 2.24) is 25.3 Å². The van der Waals surface area contributed by atoms with Crippen LogP contribution in [0.25, 0.3) is 0 Å². The van der Waals surface area contributed by atoms with Crippen LogP contribution < -0.4 is 5.32 Å². The largest absolute Gasteiger partial charge is 0.361 e. The molecule has 0 spiro atoms. The van der Waals surface area contributed by atoms with Gasteiger partial charge in [0.15, 0.2) is 0 Å². The van der Waals surface area contributed by atoms with Crippen LogP contribution >= 0.6 is 0 Å². The highest BCUT2D eigenvalue weighted by Crippen LogP contribution is 2.42. The van der Waals surface area contributed by atoms with Crippen molar-refractivity contribution in [2.45, 2.75) is 103 Å². The maximum Gasteiger partial charge on any atom is 0.224 e. The molecule has 0 atom stereocenters. The summed E-state index contributed by atoms with van der Waals surface area (Å²) in [6.45, 7) is 20.9. The second-order valence-corrected chi connectivity index (χ2v) is 13.8. The normalized spacial score (nSPS) is 18.4. The average Bonchev–Trinajstić information content (AvgIpc) is 3.68. The van der Waals surface area contributed by atoms with Gasteiger partial charge in [0.25, 0.3) is 0 Å². The molecule has 5 N–H and O–H groups in total. The molecule has 1 amide bonds. The number of H-pyrrole nitrogens is 4. The molecule has 0 saturated heterocycles. The highest BCUT2D eigenvalue weighted by molar-refractivity contribution is 5.79. The van der Waals surface area contributed by atoms with Crippen molar-refractivity contribution in [3.63, 3.8) is 0 Å². The number of aromatic amines is 4. The van der Waals surface area contributed by atoms with Crippen molar-refractivity contribution in [2.75, 3.05) is 6.54 Å². The zero-order valence-electron chi connectivity index (χ0n) is 25.8. The van der Waals surface area contributed by atoms with Gasteiger partial charge in [0.05, 0.1) is 6.42 Å². The van der Waals surface area contributed by atoms with Crippen molar-refractivity contribution in [1.29, 1.82) is 0 Å². The van der Waals surface area contributed by atoms with Gasteiger partial charge in [0.1, 0.15) is 0 Å². The molecule has 40 heavy (non-hydrogen) atoms. The van der Waals surface area contributed by atoms with Crippen molar-refractivity contribution in [3.05, 3.63) is 93.6 Å². The van der Waals surface area contributed by atoms with Gasteiger partial charge in [-0.25, -0.2) is 0 Å². The number of amides is 1. The second-order valence-electron chi connectivity index (χ2n) is 13.8. The number of hydrogen-bond donors (Lipinski definition) is 5. The highest BCUT2D eigenvalue weighted by Gasteiger charge is 2.37. The van der Waals surface area contributed by atoms with Gasteiger partial charge >= 0.3 is 0 Å². The van der Waals surface area contributed by atoms with Crippen LogP contribution in [0.3, 0.4) is 0 Å². The lowest BCUT2D eigenvalue weighted by Crippen LogP contribution is -2.28. The summed E-state index contributed by atoms with van der Waals surface area (Å²) in [5.41, 5.74) is 8.98. The Morgan fingerprint density at radius 2 is 1.02 bits per heavy atom. The van der Waals surface area contributed by atoms with Crippen molar-refractivity contribution >= 4 is 5.91 Å². The number of unbranched alkanes of at least 4 members (excludes halogenated alkanes) is 1. The average molecular weight is 542 g/mol. The molecule has 1 aliphatic rings. The van der Waals surface area contributed by atoms with E-state index in [2.05, 4.69) is 130 Å². The van der Waals surface area contributed by atoms with Crippen LogP contribution in [0.15, 0.2) is 42.5 Å². The van der Waals surface area contributed by atoms with Crippen LogP contribution in [0.4, 0.5) is 0 Å². The van der Waals surface area contributed by atoms with Gasteiger partial charge in [0.2, 0.25) is 5.91 Å². The summed E-state index contributed by atoms with van der Waals surface area (Å²) < 4.78 is 0. The number of aromatic nitrogens is 4. The fourth-order valence-corrected chi connectivity index (χ4v) is 6.11. The van der Waals surface area contributed by atoms with E-state index in [0.717, 1.165) is 46.9 Å². The second kappa shape index (κ2) is 9.60. The quantitative estimate of drug-likeness (QED) is 0.172. The van der Waals surface area contributed by atoms with E-state index in [0.29, 0.717) is 13.0 Å². The fourth-order valence-electron chi connectivity index (χ4n) is 6.11. The molecular formula is C34H47N5O. The number of hydrogen-bond acceptors (Lipinski definition) is 1. The van der Waals surface area contributed by atoms with E-state index in [1.54, 1.807) is 0 Å². The minimum Gasteiger partial charge on any atom is -0.361 e. The van der Waals surface area contributed by atoms with Crippen LogP contribution in [0.5, 0.6) is 0 Å². The van der Waals surface area contributed by atoms with Gasteiger partial charge in [-0.2, -0.15) is 0 Å². The SMILES string of the molecule is CCCCNC(=O)Cc1cc2[nH]c1C(C)(C)c1ccc([nH]1)C(C)(C)c1ccc([nH]1)C(C)(C)c1ccc([nH]1)C2(C)C. The Morgan fingerprint density at radius 3 is 1.45 bits per heavy atom. The number of fused-ring (bicyclic) bond motifs is 8. The van der Waals surface area contributed by atoms with Gasteiger partial charge in [-0.15, -0.1) is 0 Å². The zero-order valence-corrected chi connectivity index (χ0v) is 25.8. The fraction of sp³-hybridized carbons (Fsp3) is 0.500. The molecule has 6 nitrogen and oxygen atoms in total. The van der Waals surface area contributed by atoms with E-state index in [9.17, 15) is 4.79 Å². The summed E-state index contributed by atoms with van der Waals surface area (Å²) in [6.07, 6.45) is 2.40. The predicted octanol–water partition coefficient (Wildman–Crippen LogP) is 7.07. The van der Waals surface area contributed by atoms with Gasteiger partial charge in [-0.1, -0.05) is 13.3 Å². The van der Waals surface area contributed by atoms with Crippen LogP contribution in [0.2, 0.25) is 0 Å². The summed E-state index contributed by atoms with van der Waals surface area (Å²) in [5, 5.41) is 3.12. The Labute approximate surface area is 239 Å². The third-order valence-electron chi connectivity index (χ3n) is 9.50. The maximum atomic E-state index is 13.0. The first-order valence-corrected chi connectivity index (χ1v) is 14.8. The maximum absolute atomic E-state index is 13.0. The van der Waals surface area contributed by atoms with Crippen LogP contribution in [0.1, 0.15) is 126 Å². The molecule has 0 saturated carbocycles. The van der Waals surface area contributed by atoms with E-state index in [1.807, 2.05) is 0 Å². The lowest BCUT2D eigenvalue weighted by Gasteiger charge is -2.28. The van der Waals surface area contributed by atoms with E-state index >= 15 is 0 Å². The number of rotatable bonds is 5. The van der Waals surface area contributed by atoms with Gasteiger partial charge in [-0.05, 0) is 110 Å². The van der Waals surface area contributed by atoms with Crippen LogP contribution in [0, 0.1) is 0 Å². The molecule has 8 bridgehead atoms. The first kappa shape index (κ1) is 28.1. The number of nitrogens with one attached hydrogen (secondary N) is 5. The van der Waals surface area contributed by atoms with Gasteiger partial charge < -0.3 is 25.3 Å². The predicted molar refractivity (Wildman–Crippen MR) is 163 cm³/mol. The Hall–Kier alpha value is -3.41. The van der Waals surface area contributed by atoms with Gasteiger partial charge in [0, 0.05) is 73.8 Å². The first-order valence-electron chi connectivity index (χ1n) is 14.8. The van der Waals surface area contributed by atoms with Gasteiger partial charge in [-0.3, -0.25) is 4.79 Å². The molecule has 6 heteroatoms. The molecule has 0 aliphatic carbocycles. The molecule has 0 fully saturated rings. The molecular weight excluding hydrogens is 494 g/mol. The van der Waals surface area contributed by atoms with E-state index in [-0.39, 0.29) is 27.6 Å². The number of carbonyl (C=O) groups is 1. The molecule has 1 aliphatic heterocycles. The minimum atomic E-state index is -0.372. The van der Waals surface area contributed by atoms with Crippen LogP contribution in [-0.4, -0.2) is 32.4 Å². The summed E-state index contributed by atoms with van der Waals surface area (Å²) in [5.74, 6) is 0.0688. The molecule has 0 unspecified atom stereocenters. The van der Waals surface area contributed by atoms with E-state index in [1.165, 1.54) is 17.1 Å². The monoisotopic (exact) mass is 541 g/mol. The summed E-state index contributed by atoms with van der Waals surface area (Å²) in [7, 11) is 0. The molecule has 5 rings (SSSR count). The van der Waals surface area contributed by atoms with E-state index in [4.69, 9.17) is 0 Å². The molecule has 0 radical (unpaired) electrons. The zero-order chi connectivity index (χ0) is 29.1. The third-order valence-corrected chi connectivity index (χ3v) is 9.50. The summed E-state index contributed by atoms with van der Waals surface area (Å²) in [6, 6.07) is 15.5. The molecule has 214 valence electrons. The summed E-state index contributed by atoms with van der Waals surface area (Å²) in [4.78, 5) is 28.2. The Bertz CT molecular complexity index is 1520. The lowest BCUT2D eigenvalue weighted by atomic mass is 9.83. The van der Waals surface area contributed by atoms with Crippen molar-refractivity contribution < 1.29 is 4.79 Å². The topological polar surface area (TPSA) is 92.3 Å². The van der Waals surface area contributed by atoms with E-state index < -0.39 is 0 Å². The number of carbonyl (C=O) groups excluding carboxylic acids is 1. The smallest absolute Gasteiger partial charge is 0.224 e. The Balaban J connectivity index is 1.69. The lowest BCUT2D eigenvalue weighted by molar-refractivity contribution is -0.120. The molecule has 4 aromatic heterocycles. The minimum absolute atomic E-state index is 0.0688. The van der Waals surface area contributed by atoms with Crippen molar-refractivity contribution in [2.24, 2.45) is 0 Å². The molecule has 5 heterocycles. The third kappa shape index (κ3) is 4.55. The molecule has 0 aromatic carbocycles. The Morgan fingerprint density at radius 1 is 0.625 bits per heavy atom. The Kier molecular flexibility index (Phi) is 6.75. The molecule has 4 aromatic rings.